The molecule has 0 bridgehead atoms. The number of rotatable bonds is 10. The van der Waals surface area contributed by atoms with Crippen molar-refractivity contribution >= 4 is 5.97 Å². The third kappa shape index (κ3) is 6.20. The number of carbonyl (C=O) groups is 1. The molecule has 0 atom stereocenters. The lowest BCUT2D eigenvalue weighted by Gasteiger charge is -2.14. The van der Waals surface area contributed by atoms with Crippen LogP contribution < -0.4 is 14.2 Å². The van der Waals surface area contributed by atoms with Crippen molar-refractivity contribution in [3.63, 3.8) is 0 Å². The minimum Gasteiger partial charge on any atom is -0.497 e. The SMILES string of the molecule is COc1ccc(CCC(=O)O)c(OCCOc2ccc(C(C)C)c(C)c2)c1. The molecule has 146 valence electrons. The largest absolute Gasteiger partial charge is 0.497 e. The molecule has 5 nitrogen and oxygen atoms in total. The second-order valence-electron chi connectivity index (χ2n) is 6.74. The Morgan fingerprint density at radius 2 is 1.74 bits per heavy atom. The van der Waals surface area contributed by atoms with Gasteiger partial charge in [0, 0.05) is 12.5 Å². The van der Waals surface area contributed by atoms with Gasteiger partial charge in [0.2, 0.25) is 0 Å². The topological polar surface area (TPSA) is 65.0 Å². The highest BCUT2D eigenvalue weighted by Crippen LogP contribution is 2.26. The van der Waals surface area contributed by atoms with Crippen LogP contribution in [0.4, 0.5) is 0 Å². The fourth-order valence-corrected chi connectivity index (χ4v) is 2.94. The van der Waals surface area contributed by atoms with Gasteiger partial charge >= 0.3 is 5.97 Å². The predicted molar refractivity (Wildman–Crippen MR) is 105 cm³/mol. The van der Waals surface area contributed by atoms with Gasteiger partial charge in [0.1, 0.15) is 30.5 Å². The van der Waals surface area contributed by atoms with Gasteiger partial charge in [-0.15, -0.1) is 0 Å². The lowest BCUT2D eigenvalue weighted by molar-refractivity contribution is -0.136. The number of aryl methyl sites for hydroxylation is 2. The van der Waals surface area contributed by atoms with Crippen LogP contribution in [0.2, 0.25) is 0 Å². The molecule has 0 saturated carbocycles. The van der Waals surface area contributed by atoms with Crippen LogP contribution in [-0.4, -0.2) is 31.4 Å². The van der Waals surface area contributed by atoms with Crippen LogP contribution in [-0.2, 0) is 11.2 Å². The molecule has 1 N–H and O–H groups in total. The molecule has 0 aromatic heterocycles. The lowest BCUT2D eigenvalue weighted by Crippen LogP contribution is -2.11. The molecule has 5 heteroatoms. The smallest absolute Gasteiger partial charge is 0.303 e. The second kappa shape index (κ2) is 9.86. The summed E-state index contributed by atoms with van der Waals surface area (Å²) in [6.45, 7) is 7.19. The van der Waals surface area contributed by atoms with E-state index in [1.165, 1.54) is 11.1 Å². The molecule has 27 heavy (non-hydrogen) atoms. The number of carboxylic acids is 1. The van der Waals surface area contributed by atoms with Gasteiger partial charge in [-0.3, -0.25) is 4.79 Å². The third-order valence-electron chi connectivity index (χ3n) is 4.36. The first-order chi connectivity index (χ1) is 12.9. The highest BCUT2D eigenvalue weighted by atomic mass is 16.5. The van der Waals surface area contributed by atoms with Gasteiger partial charge in [-0.1, -0.05) is 26.0 Å². The monoisotopic (exact) mass is 372 g/mol. The van der Waals surface area contributed by atoms with E-state index in [0.29, 0.717) is 37.1 Å². The lowest BCUT2D eigenvalue weighted by atomic mass is 9.98. The molecule has 0 unspecified atom stereocenters. The quantitative estimate of drug-likeness (QED) is 0.617. The van der Waals surface area contributed by atoms with Crippen molar-refractivity contribution < 1.29 is 24.1 Å². The zero-order valence-corrected chi connectivity index (χ0v) is 16.5. The van der Waals surface area contributed by atoms with Gasteiger partial charge in [-0.05, 0) is 54.2 Å². The first kappa shape index (κ1) is 20.6. The van der Waals surface area contributed by atoms with Gasteiger partial charge in [-0.25, -0.2) is 0 Å². The maximum Gasteiger partial charge on any atom is 0.303 e. The van der Waals surface area contributed by atoms with Gasteiger partial charge < -0.3 is 19.3 Å². The third-order valence-corrected chi connectivity index (χ3v) is 4.36. The normalized spacial score (nSPS) is 10.7. The standard InChI is InChI=1S/C22H28O5/c1-15(2)20-9-8-19(13-16(20)3)26-11-12-27-21-14-18(25-4)7-5-17(21)6-10-22(23)24/h5,7-9,13-15H,6,10-12H2,1-4H3,(H,23,24). The van der Waals surface area contributed by atoms with E-state index in [1.807, 2.05) is 18.2 Å². The first-order valence-corrected chi connectivity index (χ1v) is 9.15. The Kier molecular flexibility index (Phi) is 7.53. The molecule has 0 amide bonds. The Labute approximate surface area is 160 Å². The molecule has 0 fully saturated rings. The highest BCUT2D eigenvalue weighted by molar-refractivity contribution is 5.67. The minimum atomic E-state index is -0.833. The summed E-state index contributed by atoms with van der Waals surface area (Å²) in [5.74, 6) is 1.77. The summed E-state index contributed by atoms with van der Waals surface area (Å²) in [5, 5.41) is 8.90. The van der Waals surface area contributed by atoms with E-state index in [4.69, 9.17) is 19.3 Å². The van der Waals surface area contributed by atoms with Crippen LogP contribution >= 0.6 is 0 Å². The maximum atomic E-state index is 10.8. The molecule has 0 saturated heterocycles. The number of aliphatic carboxylic acids is 1. The molecule has 0 spiro atoms. The number of carboxylic acid groups (broad SMARTS) is 1. The predicted octanol–water partition coefficient (Wildman–Crippen LogP) is 4.60. The van der Waals surface area contributed by atoms with Gasteiger partial charge in [0.05, 0.1) is 7.11 Å². The fourth-order valence-electron chi connectivity index (χ4n) is 2.94. The van der Waals surface area contributed by atoms with Crippen molar-refractivity contribution in [3.05, 3.63) is 53.1 Å². The van der Waals surface area contributed by atoms with Crippen LogP contribution in [0.5, 0.6) is 17.2 Å². The number of hydrogen-bond donors (Lipinski definition) is 1. The molecule has 0 heterocycles. The Balaban J connectivity index is 1.94. The van der Waals surface area contributed by atoms with E-state index < -0.39 is 5.97 Å². The van der Waals surface area contributed by atoms with Crippen LogP contribution in [0.1, 0.15) is 42.9 Å². The molecule has 2 aromatic rings. The molecule has 0 aliphatic rings. The van der Waals surface area contributed by atoms with Gasteiger partial charge in [0.15, 0.2) is 0 Å². The fraction of sp³-hybridized carbons (Fsp3) is 0.409. The van der Waals surface area contributed by atoms with Crippen LogP contribution in [0, 0.1) is 6.92 Å². The van der Waals surface area contributed by atoms with Gasteiger partial charge in [0.25, 0.3) is 0 Å². The summed E-state index contributed by atoms with van der Waals surface area (Å²) in [4.78, 5) is 10.8. The van der Waals surface area contributed by atoms with Crippen molar-refractivity contribution in [2.45, 2.75) is 39.5 Å². The minimum absolute atomic E-state index is 0.0562. The summed E-state index contributed by atoms with van der Waals surface area (Å²) < 4.78 is 16.8. The molecule has 0 radical (unpaired) electrons. The van der Waals surface area contributed by atoms with Crippen LogP contribution in [0.25, 0.3) is 0 Å². The molecule has 0 aliphatic carbocycles. The molecular formula is C22H28O5. The zero-order chi connectivity index (χ0) is 19.8. The van der Waals surface area contributed by atoms with E-state index in [0.717, 1.165) is 11.3 Å². The van der Waals surface area contributed by atoms with Crippen LogP contribution in [0.15, 0.2) is 36.4 Å². The highest BCUT2D eigenvalue weighted by Gasteiger charge is 2.09. The molecular weight excluding hydrogens is 344 g/mol. The van der Waals surface area contributed by atoms with E-state index in [1.54, 1.807) is 19.2 Å². The molecule has 2 aromatic carbocycles. The molecule has 2 rings (SSSR count). The zero-order valence-electron chi connectivity index (χ0n) is 16.5. The molecule has 0 aliphatic heterocycles. The number of benzene rings is 2. The van der Waals surface area contributed by atoms with Crippen molar-refractivity contribution in [1.29, 1.82) is 0 Å². The summed E-state index contributed by atoms with van der Waals surface area (Å²) in [5.41, 5.74) is 3.38. The van der Waals surface area contributed by atoms with E-state index in [9.17, 15) is 4.79 Å². The van der Waals surface area contributed by atoms with Crippen molar-refractivity contribution in [2.24, 2.45) is 0 Å². The number of methoxy groups -OCH3 is 1. The Morgan fingerprint density at radius 3 is 2.37 bits per heavy atom. The van der Waals surface area contributed by atoms with Crippen LogP contribution in [0.3, 0.4) is 0 Å². The summed E-state index contributed by atoms with van der Waals surface area (Å²) in [6, 6.07) is 11.5. The van der Waals surface area contributed by atoms with Crippen molar-refractivity contribution in [1.82, 2.24) is 0 Å². The number of hydrogen-bond acceptors (Lipinski definition) is 4. The summed E-state index contributed by atoms with van der Waals surface area (Å²) in [7, 11) is 1.59. The Morgan fingerprint density at radius 1 is 1.04 bits per heavy atom. The average Bonchev–Trinajstić information content (AvgIpc) is 2.63. The Hall–Kier alpha value is -2.69. The van der Waals surface area contributed by atoms with E-state index in [-0.39, 0.29) is 6.42 Å². The number of ether oxygens (including phenoxy) is 3. The van der Waals surface area contributed by atoms with Gasteiger partial charge in [-0.2, -0.15) is 0 Å². The first-order valence-electron chi connectivity index (χ1n) is 9.15. The van der Waals surface area contributed by atoms with E-state index in [2.05, 4.69) is 26.8 Å². The summed E-state index contributed by atoms with van der Waals surface area (Å²) in [6.07, 6.45) is 0.464. The summed E-state index contributed by atoms with van der Waals surface area (Å²) >= 11 is 0. The Bertz CT molecular complexity index is 767. The van der Waals surface area contributed by atoms with E-state index >= 15 is 0 Å². The van der Waals surface area contributed by atoms with Crippen molar-refractivity contribution in [2.75, 3.05) is 20.3 Å². The average molecular weight is 372 g/mol. The second-order valence-corrected chi connectivity index (χ2v) is 6.74. The maximum absolute atomic E-state index is 10.8. The van der Waals surface area contributed by atoms with Crippen molar-refractivity contribution in [3.8, 4) is 17.2 Å².